The number of nitrogens with one attached hydrogen (secondary N) is 1. The summed E-state index contributed by atoms with van der Waals surface area (Å²) in [7, 11) is 0. The van der Waals surface area contributed by atoms with E-state index < -0.39 is 0 Å². The maximum atomic E-state index is 5.30. The molecule has 0 amide bonds. The number of para-hydroxylation sites is 1. The molecule has 78 valence electrons. The number of ether oxygens (including phenoxy) is 1. The van der Waals surface area contributed by atoms with E-state index in [9.17, 15) is 0 Å². The molecule has 0 atom stereocenters. The van der Waals surface area contributed by atoms with Crippen molar-refractivity contribution < 1.29 is 4.74 Å². The van der Waals surface area contributed by atoms with Crippen molar-refractivity contribution >= 4 is 18.1 Å². The molecule has 0 radical (unpaired) electrons. The van der Waals surface area contributed by atoms with Gasteiger partial charge < -0.3 is 10.1 Å². The first-order valence-electron chi connectivity index (χ1n) is 4.84. The fraction of sp³-hybridized carbons (Fsp3) is 0.455. The summed E-state index contributed by atoms with van der Waals surface area (Å²) in [6.07, 6.45) is 2.24. The second-order valence-electron chi connectivity index (χ2n) is 3.40. The number of anilines is 1. The first kappa shape index (κ1) is 11.3. The second-order valence-corrected chi connectivity index (χ2v) is 3.40. The van der Waals surface area contributed by atoms with E-state index in [1.807, 2.05) is 6.07 Å². The Morgan fingerprint density at radius 2 is 1.71 bits per heavy atom. The molecule has 0 bridgehead atoms. The van der Waals surface area contributed by atoms with Gasteiger partial charge in [0.2, 0.25) is 0 Å². The molecular formula is C11H16ClNO. The van der Waals surface area contributed by atoms with Crippen LogP contribution in [0.5, 0.6) is 0 Å². The van der Waals surface area contributed by atoms with Crippen molar-refractivity contribution in [1.82, 2.24) is 0 Å². The molecule has 0 spiro atoms. The van der Waals surface area contributed by atoms with Gasteiger partial charge in [-0.2, -0.15) is 0 Å². The third-order valence-electron chi connectivity index (χ3n) is 2.37. The van der Waals surface area contributed by atoms with Crippen LogP contribution in [-0.2, 0) is 4.74 Å². The van der Waals surface area contributed by atoms with Crippen LogP contribution in [-0.4, -0.2) is 19.3 Å². The topological polar surface area (TPSA) is 21.3 Å². The van der Waals surface area contributed by atoms with Crippen LogP contribution in [0.25, 0.3) is 0 Å². The molecule has 0 aliphatic carbocycles. The predicted molar refractivity (Wildman–Crippen MR) is 61.2 cm³/mol. The molecule has 0 aromatic heterocycles. The van der Waals surface area contributed by atoms with Crippen molar-refractivity contribution in [2.75, 3.05) is 18.5 Å². The summed E-state index contributed by atoms with van der Waals surface area (Å²) in [5, 5.41) is 3.50. The number of rotatable bonds is 2. The SMILES string of the molecule is Cl.c1ccc(NC2CCOCC2)cc1. The van der Waals surface area contributed by atoms with Gasteiger partial charge in [-0.05, 0) is 25.0 Å². The maximum absolute atomic E-state index is 5.30. The van der Waals surface area contributed by atoms with E-state index in [1.165, 1.54) is 5.69 Å². The molecule has 14 heavy (non-hydrogen) atoms. The van der Waals surface area contributed by atoms with E-state index in [-0.39, 0.29) is 12.4 Å². The van der Waals surface area contributed by atoms with Crippen LogP contribution in [0.15, 0.2) is 30.3 Å². The van der Waals surface area contributed by atoms with Gasteiger partial charge in [-0.15, -0.1) is 12.4 Å². The van der Waals surface area contributed by atoms with Gasteiger partial charge in [-0.1, -0.05) is 18.2 Å². The van der Waals surface area contributed by atoms with Gasteiger partial charge in [0.25, 0.3) is 0 Å². The highest BCUT2D eigenvalue weighted by atomic mass is 35.5. The van der Waals surface area contributed by atoms with Crippen molar-refractivity contribution in [3.63, 3.8) is 0 Å². The van der Waals surface area contributed by atoms with Gasteiger partial charge in [-0.25, -0.2) is 0 Å². The zero-order valence-electron chi connectivity index (χ0n) is 8.11. The Labute approximate surface area is 91.1 Å². The van der Waals surface area contributed by atoms with Gasteiger partial charge >= 0.3 is 0 Å². The largest absolute Gasteiger partial charge is 0.382 e. The van der Waals surface area contributed by atoms with Crippen LogP contribution >= 0.6 is 12.4 Å². The lowest BCUT2D eigenvalue weighted by Gasteiger charge is -2.24. The zero-order valence-corrected chi connectivity index (χ0v) is 8.93. The van der Waals surface area contributed by atoms with Crippen LogP contribution in [0.1, 0.15) is 12.8 Å². The Hall–Kier alpha value is -0.730. The van der Waals surface area contributed by atoms with Gasteiger partial charge in [0, 0.05) is 24.9 Å². The molecule has 2 rings (SSSR count). The van der Waals surface area contributed by atoms with Crippen LogP contribution in [0, 0.1) is 0 Å². The Bertz CT molecular complexity index is 247. The minimum Gasteiger partial charge on any atom is -0.382 e. The van der Waals surface area contributed by atoms with Crippen molar-refractivity contribution in [2.45, 2.75) is 18.9 Å². The highest BCUT2D eigenvalue weighted by molar-refractivity contribution is 5.85. The fourth-order valence-corrected chi connectivity index (χ4v) is 1.61. The molecule has 1 heterocycles. The van der Waals surface area contributed by atoms with Crippen LogP contribution in [0.2, 0.25) is 0 Å². The monoisotopic (exact) mass is 213 g/mol. The number of hydrogen-bond acceptors (Lipinski definition) is 2. The van der Waals surface area contributed by atoms with E-state index in [0.717, 1.165) is 26.1 Å². The number of hydrogen-bond donors (Lipinski definition) is 1. The lowest BCUT2D eigenvalue weighted by Crippen LogP contribution is -2.27. The average Bonchev–Trinajstić information content (AvgIpc) is 2.21. The molecule has 2 nitrogen and oxygen atoms in total. The predicted octanol–water partition coefficient (Wildman–Crippen LogP) is 2.70. The van der Waals surface area contributed by atoms with Crippen molar-refractivity contribution in [2.24, 2.45) is 0 Å². The molecule has 1 aromatic rings. The molecule has 1 aromatic carbocycles. The molecule has 1 fully saturated rings. The minimum atomic E-state index is 0. The van der Waals surface area contributed by atoms with Crippen molar-refractivity contribution in [3.05, 3.63) is 30.3 Å². The summed E-state index contributed by atoms with van der Waals surface area (Å²) in [6.45, 7) is 1.79. The third kappa shape index (κ3) is 3.20. The summed E-state index contributed by atoms with van der Waals surface area (Å²) < 4.78 is 5.30. The summed E-state index contributed by atoms with van der Waals surface area (Å²) in [5.74, 6) is 0. The zero-order chi connectivity index (χ0) is 8.93. The third-order valence-corrected chi connectivity index (χ3v) is 2.37. The highest BCUT2D eigenvalue weighted by Crippen LogP contribution is 2.13. The minimum absolute atomic E-state index is 0. The van der Waals surface area contributed by atoms with Crippen LogP contribution in [0.3, 0.4) is 0 Å². The summed E-state index contributed by atoms with van der Waals surface area (Å²) >= 11 is 0. The standard InChI is InChI=1S/C11H15NO.ClH/c1-2-4-10(5-3-1)12-11-6-8-13-9-7-11;/h1-5,11-12H,6-9H2;1H. The van der Waals surface area contributed by atoms with Gasteiger partial charge in [-0.3, -0.25) is 0 Å². The normalized spacial score (nSPS) is 17.1. The van der Waals surface area contributed by atoms with Crippen LogP contribution in [0.4, 0.5) is 5.69 Å². The summed E-state index contributed by atoms with van der Waals surface area (Å²) in [4.78, 5) is 0. The fourth-order valence-electron chi connectivity index (χ4n) is 1.61. The molecule has 3 heteroatoms. The smallest absolute Gasteiger partial charge is 0.0485 e. The van der Waals surface area contributed by atoms with Gasteiger partial charge in [0.15, 0.2) is 0 Å². The molecule has 0 saturated carbocycles. The molecule has 1 aliphatic rings. The molecule has 1 N–H and O–H groups in total. The summed E-state index contributed by atoms with van der Waals surface area (Å²) in [5.41, 5.74) is 1.22. The summed E-state index contributed by atoms with van der Waals surface area (Å²) in [6, 6.07) is 11.0. The van der Waals surface area contributed by atoms with Crippen LogP contribution < -0.4 is 5.32 Å². The quantitative estimate of drug-likeness (QED) is 0.816. The first-order valence-corrected chi connectivity index (χ1v) is 4.84. The van der Waals surface area contributed by atoms with Gasteiger partial charge in [0.05, 0.1) is 0 Å². The Morgan fingerprint density at radius 1 is 1.07 bits per heavy atom. The second kappa shape index (κ2) is 5.89. The maximum Gasteiger partial charge on any atom is 0.0485 e. The number of benzene rings is 1. The molecular weight excluding hydrogens is 198 g/mol. The van der Waals surface area contributed by atoms with E-state index in [0.29, 0.717) is 6.04 Å². The van der Waals surface area contributed by atoms with E-state index in [1.54, 1.807) is 0 Å². The average molecular weight is 214 g/mol. The lowest BCUT2D eigenvalue weighted by atomic mass is 10.1. The first-order chi connectivity index (χ1) is 6.45. The number of halogens is 1. The van der Waals surface area contributed by atoms with Crippen molar-refractivity contribution in [3.8, 4) is 0 Å². The molecule has 0 unspecified atom stereocenters. The Kier molecular flexibility index (Phi) is 4.77. The Balaban J connectivity index is 0.000000980. The molecule has 1 aliphatic heterocycles. The van der Waals surface area contributed by atoms with Crippen molar-refractivity contribution in [1.29, 1.82) is 0 Å². The Morgan fingerprint density at radius 3 is 2.36 bits per heavy atom. The lowest BCUT2D eigenvalue weighted by molar-refractivity contribution is 0.0904. The van der Waals surface area contributed by atoms with Gasteiger partial charge in [0.1, 0.15) is 0 Å². The van der Waals surface area contributed by atoms with E-state index >= 15 is 0 Å². The van der Waals surface area contributed by atoms with E-state index in [4.69, 9.17) is 4.74 Å². The molecule has 1 saturated heterocycles. The van der Waals surface area contributed by atoms with E-state index in [2.05, 4.69) is 29.6 Å². The highest BCUT2D eigenvalue weighted by Gasteiger charge is 2.12.